The van der Waals surface area contributed by atoms with Crippen LogP contribution in [-0.2, 0) is 20.9 Å². The van der Waals surface area contributed by atoms with E-state index in [4.69, 9.17) is 30.5 Å². The normalized spacial score (nSPS) is 14.4. The van der Waals surface area contributed by atoms with Crippen LogP contribution in [0.25, 0.3) is 6.08 Å². The summed E-state index contributed by atoms with van der Waals surface area (Å²) in [5, 5.41) is 0.409. The number of allylic oxidation sites excluding steroid dienone is 1. The first kappa shape index (κ1) is 33.4. The van der Waals surface area contributed by atoms with Crippen LogP contribution in [0.4, 0.5) is 0 Å². The van der Waals surface area contributed by atoms with Gasteiger partial charge in [-0.15, -0.1) is 0 Å². The number of nitrogens with zero attached hydrogens (tertiary/aromatic N) is 2. The number of benzene rings is 3. The van der Waals surface area contributed by atoms with Crippen molar-refractivity contribution in [3.63, 3.8) is 0 Å². The topological polar surface area (TPSA) is 105 Å². The van der Waals surface area contributed by atoms with E-state index in [0.29, 0.717) is 54.8 Å². The Morgan fingerprint density at radius 3 is 2.41 bits per heavy atom. The van der Waals surface area contributed by atoms with E-state index in [1.165, 1.54) is 15.9 Å². The van der Waals surface area contributed by atoms with Gasteiger partial charge < -0.3 is 18.9 Å². The fourth-order valence-electron chi connectivity index (χ4n) is 5.03. The maximum Gasteiger partial charge on any atom is 0.338 e. The molecule has 9 nitrogen and oxygen atoms in total. The van der Waals surface area contributed by atoms with E-state index in [9.17, 15) is 14.4 Å². The van der Waals surface area contributed by atoms with Crippen molar-refractivity contribution in [2.24, 2.45) is 4.99 Å². The third-order valence-electron chi connectivity index (χ3n) is 7.12. The zero-order valence-electron chi connectivity index (χ0n) is 25.5. The van der Waals surface area contributed by atoms with Crippen LogP contribution in [-0.4, -0.2) is 36.8 Å². The minimum absolute atomic E-state index is 0.169. The maximum absolute atomic E-state index is 14.2. The highest BCUT2D eigenvalue weighted by atomic mass is 127. The molecule has 1 aliphatic rings. The molecule has 1 atom stereocenters. The summed E-state index contributed by atoms with van der Waals surface area (Å²) in [6, 6.07) is 17.0. The predicted molar refractivity (Wildman–Crippen MR) is 184 cm³/mol. The van der Waals surface area contributed by atoms with Crippen molar-refractivity contribution >= 4 is 63.5 Å². The fourth-order valence-corrected chi connectivity index (χ4v) is 6.93. The number of thiazole rings is 1. The lowest BCUT2D eigenvalue weighted by molar-refractivity contribution is -0.139. The summed E-state index contributed by atoms with van der Waals surface area (Å²) in [7, 11) is 1.55. The summed E-state index contributed by atoms with van der Waals surface area (Å²) < 4.78 is 25.1. The standard InChI is InChI=1S/C34H30ClIN2O7S/c1-5-43-32(40)21-13-11-20(12-14-21)18-45-30-22(15-23(36)17-26(30)42-4)16-27-31(39)38-29(24-9-7-8-10-25(24)35)28(33(41)44-6-2)19(3)37-34(38)46-27/h7-17,29H,5-6,18H2,1-4H3/b27-16-/t29-/m1/s1. The predicted octanol–water partition coefficient (Wildman–Crippen LogP) is 5.82. The Balaban J connectivity index is 1.59. The molecule has 5 rings (SSSR count). The van der Waals surface area contributed by atoms with Crippen LogP contribution in [0.15, 0.2) is 81.7 Å². The highest BCUT2D eigenvalue weighted by Crippen LogP contribution is 2.36. The maximum atomic E-state index is 14.2. The molecule has 0 spiro atoms. The number of ether oxygens (including phenoxy) is 4. The van der Waals surface area contributed by atoms with Gasteiger partial charge in [0.05, 0.1) is 41.7 Å². The Labute approximate surface area is 287 Å². The van der Waals surface area contributed by atoms with E-state index in [0.717, 1.165) is 9.13 Å². The van der Waals surface area contributed by atoms with Gasteiger partial charge in [-0.25, -0.2) is 14.6 Å². The van der Waals surface area contributed by atoms with Crippen LogP contribution in [0.3, 0.4) is 0 Å². The van der Waals surface area contributed by atoms with Crippen molar-refractivity contribution in [1.82, 2.24) is 4.57 Å². The Morgan fingerprint density at radius 2 is 1.74 bits per heavy atom. The lowest BCUT2D eigenvalue weighted by Crippen LogP contribution is -2.40. The van der Waals surface area contributed by atoms with Crippen molar-refractivity contribution in [1.29, 1.82) is 0 Å². The van der Waals surface area contributed by atoms with Gasteiger partial charge in [-0.1, -0.05) is 53.3 Å². The number of rotatable bonds is 10. The van der Waals surface area contributed by atoms with Gasteiger partial charge in [0.25, 0.3) is 5.56 Å². The van der Waals surface area contributed by atoms with Gasteiger partial charge in [0.2, 0.25) is 0 Å². The van der Waals surface area contributed by atoms with Crippen LogP contribution in [0.2, 0.25) is 5.02 Å². The van der Waals surface area contributed by atoms with E-state index in [1.807, 2.05) is 12.1 Å². The molecule has 0 aliphatic carbocycles. The molecule has 2 heterocycles. The molecule has 0 unspecified atom stereocenters. The summed E-state index contributed by atoms with van der Waals surface area (Å²) in [4.78, 5) is 44.5. The number of methoxy groups -OCH3 is 1. The van der Waals surface area contributed by atoms with Crippen LogP contribution < -0.4 is 24.4 Å². The number of carbonyl (C=O) groups is 2. The summed E-state index contributed by atoms with van der Waals surface area (Å²) in [6.45, 7) is 5.85. The van der Waals surface area contributed by atoms with E-state index in [2.05, 4.69) is 27.6 Å². The highest BCUT2D eigenvalue weighted by Gasteiger charge is 2.34. The molecule has 238 valence electrons. The van der Waals surface area contributed by atoms with Crippen molar-refractivity contribution in [3.05, 3.63) is 122 Å². The summed E-state index contributed by atoms with van der Waals surface area (Å²) in [6.07, 6.45) is 1.74. The van der Waals surface area contributed by atoms with Crippen LogP contribution >= 0.6 is 45.5 Å². The van der Waals surface area contributed by atoms with Gasteiger partial charge in [-0.3, -0.25) is 9.36 Å². The quantitative estimate of drug-likeness (QED) is 0.148. The van der Waals surface area contributed by atoms with Gasteiger partial charge >= 0.3 is 11.9 Å². The van der Waals surface area contributed by atoms with Crippen molar-refractivity contribution in [2.45, 2.75) is 33.4 Å². The summed E-state index contributed by atoms with van der Waals surface area (Å²) >= 11 is 10.0. The molecule has 0 amide bonds. The first-order valence-electron chi connectivity index (χ1n) is 14.4. The molecular formula is C34H30ClIN2O7S. The van der Waals surface area contributed by atoms with Crippen LogP contribution in [0.1, 0.15) is 53.9 Å². The average Bonchev–Trinajstić information content (AvgIpc) is 3.34. The molecule has 4 aromatic rings. The second-order valence-corrected chi connectivity index (χ2v) is 12.7. The molecular weight excluding hydrogens is 743 g/mol. The van der Waals surface area contributed by atoms with Crippen LogP contribution in [0, 0.1) is 3.57 Å². The number of halogens is 2. The second kappa shape index (κ2) is 14.7. The molecule has 0 saturated carbocycles. The minimum atomic E-state index is -0.829. The van der Waals surface area contributed by atoms with Gasteiger partial charge in [0, 0.05) is 14.2 Å². The molecule has 1 aliphatic heterocycles. The Hall–Kier alpha value is -3.94. The van der Waals surface area contributed by atoms with Gasteiger partial charge in [-0.05, 0) is 90.9 Å². The molecule has 1 aromatic heterocycles. The van der Waals surface area contributed by atoms with Crippen molar-refractivity contribution in [3.8, 4) is 11.5 Å². The van der Waals surface area contributed by atoms with Gasteiger partial charge in [0.1, 0.15) is 12.6 Å². The second-order valence-electron chi connectivity index (χ2n) is 10.1. The summed E-state index contributed by atoms with van der Waals surface area (Å²) in [5.41, 5.74) is 2.83. The molecule has 46 heavy (non-hydrogen) atoms. The molecule has 0 saturated heterocycles. The molecule has 0 radical (unpaired) electrons. The van der Waals surface area contributed by atoms with Crippen molar-refractivity contribution in [2.75, 3.05) is 20.3 Å². The Bertz CT molecular complexity index is 2020. The molecule has 3 aromatic carbocycles. The Kier molecular flexibility index (Phi) is 10.6. The third-order valence-corrected chi connectivity index (χ3v) is 9.07. The first-order valence-corrected chi connectivity index (χ1v) is 16.6. The smallest absolute Gasteiger partial charge is 0.338 e. The molecule has 0 fully saturated rings. The fraction of sp³-hybridized carbons (Fsp3) is 0.235. The Morgan fingerprint density at radius 1 is 1.04 bits per heavy atom. The third kappa shape index (κ3) is 6.91. The average molecular weight is 773 g/mol. The van der Waals surface area contributed by atoms with Crippen molar-refractivity contribution < 1.29 is 28.5 Å². The number of carbonyl (C=O) groups excluding carboxylic acids is 2. The first-order chi connectivity index (χ1) is 22.2. The minimum Gasteiger partial charge on any atom is -0.493 e. The number of aromatic nitrogens is 1. The number of hydrogen-bond acceptors (Lipinski definition) is 9. The number of esters is 2. The van der Waals surface area contributed by atoms with E-state index in [-0.39, 0.29) is 30.3 Å². The number of hydrogen-bond donors (Lipinski definition) is 0. The SMILES string of the molecule is CCOC(=O)C1=C(C)N=c2s/c(=C\c3cc(I)cc(OC)c3OCc3ccc(C(=O)OCC)cc3)c(=O)n2[C@@H]1c1ccccc1Cl. The monoisotopic (exact) mass is 772 g/mol. The van der Waals surface area contributed by atoms with E-state index >= 15 is 0 Å². The zero-order valence-corrected chi connectivity index (χ0v) is 29.2. The largest absolute Gasteiger partial charge is 0.493 e. The van der Waals surface area contributed by atoms with Gasteiger partial charge in [-0.2, -0.15) is 0 Å². The van der Waals surface area contributed by atoms with Crippen LogP contribution in [0.5, 0.6) is 11.5 Å². The highest BCUT2D eigenvalue weighted by molar-refractivity contribution is 14.1. The lowest BCUT2D eigenvalue weighted by Gasteiger charge is -2.25. The summed E-state index contributed by atoms with van der Waals surface area (Å²) in [5.74, 6) is -0.0200. The zero-order chi connectivity index (χ0) is 33.0. The lowest BCUT2D eigenvalue weighted by atomic mass is 9.96. The van der Waals surface area contributed by atoms with E-state index < -0.39 is 12.0 Å². The molecule has 0 bridgehead atoms. The molecule has 0 N–H and O–H groups in total. The van der Waals surface area contributed by atoms with Gasteiger partial charge in [0.15, 0.2) is 16.3 Å². The van der Waals surface area contributed by atoms with E-state index in [1.54, 1.807) is 82.5 Å². The molecule has 12 heteroatoms. The number of fused-ring (bicyclic) bond motifs is 1.